The second kappa shape index (κ2) is 9.42. The van der Waals surface area contributed by atoms with Gasteiger partial charge in [0, 0.05) is 50.4 Å². The Bertz CT molecular complexity index is 997. The Labute approximate surface area is 188 Å². The number of hydrogen-bond acceptors (Lipinski definition) is 5. The van der Waals surface area contributed by atoms with Crippen LogP contribution < -0.4 is 14.5 Å². The molecule has 1 atom stereocenters. The lowest BCUT2D eigenvalue weighted by Gasteiger charge is -2.37. The maximum absolute atomic E-state index is 13.2. The summed E-state index contributed by atoms with van der Waals surface area (Å²) in [5.41, 5.74) is 2.48. The summed E-state index contributed by atoms with van der Waals surface area (Å²) in [6.45, 7) is 7.06. The Balaban J connectivity index is 1.37. The van der Waals surface area contributed by atoms with Crippen LogP contribution in [0.15, 0.2) is 48.5 Å². The minimum Gasteiger partial charge on any atom is -0.492 e. The van der Waals surface area contributed by atoms with Gasteiger partial charge in [-0.3, -0.25) is 14.4 Å². The van der Waals surface area contributed by atoms with E-state index in [-0.39, 0.29) is 29.9 Å². The van der Waals surface area contributed by atoms with Crippen LogP contribution in [-0.2, 0) is 9.59 Å². The highest BCUT2D eigenvalue weighted by molar-refractivity contribution is 6.01. The molecule has 0 aromatic heterocycles. The average molecular weight is 436 g/mol. The highest BCUT2D eigenvalue weighted by atomic mass is 16.5. The van der Waals surface area contributed by atoms with E-state index >= 15 is 0 Å². The number of carbonyl (C=O) groups is 3. The van der Waals surface area contributed by atoms with Crippen LogP contribution in [-0.4, -0.2) is 61.8 Å². The number of amides is 2. The molecule has 0 N–H and O–H groups in total. The molecule has 0 bridgehead atoms. The lowest BCUT2D eigenvalue weighted by molar-refractivity contribution is -0.136. The van der Waals surface area contributed by atoms with Crippen molar-refractivity contribution in [3.05, 3.63) is 54.1 Å². The maximum Gasteiger partial charge on any atom is 0.228 e. The second-order valence-corrected chi connectivity index (χ2v) is 8.22. The third-order valence-electron chi connectivity index (χ3n) is 6.16. The molecule has 2 heterocycles. The van der Waals surface area contributed by atoms with Gasteiger partial charge in [-0.05, 0) is 50.2 Å². The maximum atomic E-state index is 13.2. The van der Waals surface area contributed by atoms with Gasteiger partial charge >= 0.3 is 0 Å². The van der Waals surface area contributed by atoms with Crippen molar-refractivity contribution >= 4 is 29.0 Å². The smallest absolute Gasteiger partial charge is 0.228 e. The first-order valence-electron chi connectivity index (χ1n) is 11.1. The molecule has 7 heteroatoms. The van der Waals surface area contributed by atoms with Gasteiger partial charge in [0.05, 0.1) is 18.2 Å². The van der Waals surface area contributed by atoms with E-state index < -0.39 is 0 Å². The van der Waals surface area contributed by atoms with Gasteiger partial charge in [-0.1, -0.05) is 12.1 Å². The third kappa shape index (κ3) is 4.47. The molecule has 168 valence electrons. The number of ether oxygens (including phenoxy) is 1. The summed E-state index contributed by atoms with van der Waals surface area (Å²) in [5, 5.41) is 0. The van der Waals surface area contributed by atoms with Crippen LogP contribution in [0, 0.1) is 5.92 Å². The van der Waals surface area contributed by atoms with E-state index in [0.717, 1.165) is 24.5 Å². The number of hydrogen-bond donors (Lipinski definition) is 0. The summed E-state index contributed by atoms with van der Waals surface area (Å²) in [6, 6.07) is 15.1. The van der Waals surface area contributed by atoms with Crippen LogP contribution in [0.5, 0.6) is 5.75 Å². The van der Waals surface area contributed by atoms with Crippen LogP contribution in [0.2, 0.25) is 0 Å². The molecule has 0 aliphatic carbocycles. The number of piperazine rings is 1. The monoisotopic (exact) mass is 435 g/mol. The number of rotatable bonds is 6. The van der Waals surface area contributed by atoms with Gasteiger partial charge in [0.1, 0.15) is 5.75 Å². The Morgan fingerprint density at radius 1 is 1.00 bits per heavy atom. The number of benzene rings is 2. The Morgan fingerprint density at radius 3 is 2.34 bits per heavy atom. The molecule has 32 heavy (non-hydrogen) atoms. The Morgan fingerprint density at radius 2 is 1.69 bits per heavy atom. The Kier molecular flexibility index (Phi) is 6.44. The van der Waals surface area contributed by atoms with E-state index in [9.17, 15) is 14.4 Å². The molecule has 2 aromatic rings. The second-order valence-electron chi connectivity index (χ2n) is 8.22. The zero-order chi connectivity index (χ0) is 22.7. The van der Waals surface area contributed by atoms with Crippen molar-refractivity contribution < 1.29 is 19.1 Å². The molecule has 0 unspecified atom stereocenters. The van der Waals surface area contributed by atoms with E-state index in [0.29, 0.717) is 37.6 Å². The van der Waals surface area contributed by atoms with Gasteiger partial charge in [0.15, 0.2) is 5.78 Å². The number of para-hydroxylation sites is 2. The molecule has 0 saturated carbocycles. The summed E-state index contributed by atoms with van der Waals surface area (Å²) in [5.74, 6) is 0.386. The zero-order valence-corrected chi connectivity index (χ0v) is 18.6. The fraction of sp³-hybridized carbons (Fsp3) is 0.400. The van der Waals surface area contributed by atoms with Gasteiger partial charge in [-0.2, -0.15) is 0 Å². The van der Waals surface area contributed by atoms with Crippen molar-refractivity contribution in [1.29, 1.82) is 0 Å². The predicted octanol–water partition coefficient (Wildman–Crippen LogP) is 2.99. The van der Waals surface area contributed by atoms with Crippen molar-refractivity contribution in [2.75, 3.05) is 49.1 Å². The van der Waals surface area contributed by atoms with E-state index in [1.54, 1.807) is 11.8 Å². The molecular formula is C25H29N3O4. The van der Waals surface area contributed by atoms with Crippen molar-refractivity contribution in [2.45, 2.75) is 20.3 Å². The SMILES string of the molecule is CCOc1ccccc1N1C[C@@H](C(=O)N2CCN(c3ccc(C(C)=O)cc3)CC2)CC1=O. The molecule has 7 nitrogen and oxygen atoms in total. The minimum atomic E-state index is -0.335. The van der Waals surface area contributed by atoms with Gasteiger partial charge in [0.25, 0.3) is 0 Å². The van der Waals surface area contributed by atoms with Crippen LogP contribution in [0.1, 0.15) is 30.6 Å². The van der Waals surface area contributed by atoms with Gasteiger partial charge in [-0.15, -0.1) is 0 Å². The summed E-state index contributed by atoms with van der Waals surface area (Å²) >= 11 is 0. The fourth-order valence-electron chi connectivity index (χ4n) is 4.41. The molecule has 0 radical (unpaired) electrons. The van der Waals surface area contributed by atoms with Crippen molar-refractivity contribution in [3.8, 4) is 5.75 Å². The minimum absolute atomic E-state index is 0.0419. The summed E-state index contributed by atoms with van der Waals surface area (Å²) < 4.78 is 5.67. The van der Waals surface area contributed by atoms with Crippen molar-refractivity contribution in [1.82, 2.24) is 4.90 Å². The number of Topliss-reactive ketones (excluding diaryl/α,β-unsaturated/α-hetero) is 1. The van der Waals surface area contributed by atoms with E-state index in [1.165, 1.54) is 0 Å². The number of ketones is 1. The third-order valence-corrected chi connectivity index (χ3v) is 6.16. The van der Waals surface area contributed by atoms with Crippen LogP contribution in [0.25, 0.3) is 0 Å². The normalized spacial score (nSPS) is 18.8. The molecule has 2 aliphatic heterocycles. The zero-order valence-electron chi connectivity index (χ0n) is 18.6. The first-order chi connectivity index (χ1) is 15.5. The molecule has 2 saturated heterocycles. The molecule has 0 spiro atoms. The van der Waals surface area contributed by atoms with Gasteiger partial charge in [0.2, 0.25) is 11.8 Å². The molecule has 2 amide bonds. The highest BCUT2D eigenvalue weighted by Crippen LogP contribution is 2.33. The summed E-state index contributed by atoms with van der Waals surface area (Å²) in [7, 11) is 0. The number of nitrogens with zero attached hydrogens (tertiary/aromatic N) is 3. The molecule has 2 fully saturated rings. The summed E-state index contributed by atoms with van der Waals surface area (Å²) in [4.78, 5) is 43.1. The standard InChI is InChI=1S/C25H29N3O4/c1-3-32-23-7-5-4-6-22(23)28-17-20(16-24(28)30)25(31)27-14-12-26(13-15-27)21-10-8-19(9-11-21)18(2)29/h4-11,20H,3,12-17H2,1-2H3/t20-/m0/s1. The first-order valence-corrected chi connectivity index (χ1v) is 11.1. The first kappa shape index (κ1) is 21.9. The Hall–Kier alpha value is -3.35. The van der Waals surface area contributed by atoms with Crippen molar-refractivity contribution in [2.24, 2.45) is 5.92 Å². The van der Waals surface area contributed by atoms with E-state index in [1.807, 2.05) is 60.4 Å². The predicted molar refractivity (Wildman–Crippen MR) is 123 cm³/mol. The summed E-state index contributed by atoms with van der Waals surface area (Å²) in [6.07, 6.45) is 0.228. The molecule has 4 rings (SSSR count). The largest absolute Gasteiger partial charge is 0.492 e. The van der Waals surface area contributed by atoms with Crippen LogP contribution in [0.3, 0.4) is 0 Å². The number of anilines is 2. The molecule has 2 aliphatic rings. The van der Waals surface area contributed by atoms with E-state index in [2.05, 4.69) is 4.90 Å². The van der Waals surface area contributed by atoms with E-state index in [4.69, 9.17) is 4.74 Å². The van der Waals surface area contributed by atoms with Crippen molar-refractivity contribution in [3.63, 3.8) is 0 Å². The quantitative estimate of drug-likeness (QED) is 0.653. The molecular weight excluding hydrogens is 406 g/mol. The van der Waals surface area contributed by atoms with Crippen LogP contribution >= 0.6 is 0 Å². The average Bonchev–Trinajstić information content (AvgIpc) is 3.20. The lowest BCUT2D eigenvalue weighted by atomic mass is 10.1. The topological polar surface area (TPSA) is 70.2 Å². The highest BCUT2D eigenvalue weighted by Gasteiger charge is 2.38. The lowest BCUT2D eigenvalue weighted by Crippen LogP contribution is -2.50. The number of carbonyl (C=O) groups excluding carboxylic acids is 3. The van der Waals surface area contributed by atoms with Gasteiger partial charge < -0.3 is 19.4 Å². The molecule has 2 aromatic carbocycles. The van der Waals surface area contributed by atoms with Crippen LogP contribution in [0.4, 0.5) is 11.4 Å². The fourth-order valence-corrected chi connectivity index (χ4v) is 4.41. The van der Waals surface area contributed by atoms with Gasteiger partial charge in [-0.25, -0.2) is 0 Å².